The van der Waals surface area contributed by atoms with Crippen molar-refractivity contribution in [3.63, 3.8) is 0 Å². The van der Waals surface area contributed by atoms with Gasteiger partial charge in [0, 0.05) is 12.5 Å². The number of hydrogen-bond acceptors (Lipinski definition) is 2. The average Bonchev–Trinajstić information content (AvgIpc) is 2.66. The van der Waals surface area contributed by atoms with Crippen molar-refractivity contribution in [1.29, 1.82) is 0 Å². The maximum Gasteiger partial charge on any atom is 0.337 e. The minimum atomic E-state index is -0.867. The average molecular weight is 258 g/mol. The summed E-state index contributed by atoms with van der Waals surface area (Å²) in [4.78, 5) is 16.1. The lowest BCUT2D eigenvalue weighted by atomic mass is 9.92. The molecule has 0 bridgehead atoms. The number of carbonyl (C=O) groups is 1. The second kappa shape index (κ2) is 4.68. The van der Waals surface area contributed by atoms with Crippen LogP contribution in [-0.4, -0.2) is 20.6 Å². The molecule has 0 aliphatic heterocycles. The van der Waals surface area contributed by atoms with E-state index in [1.54, 1.807) is 12.1 Å². The number of rotatable bonds is 4. The van der Waals surface area contributed by atoms with Gasteiger partial charge in [-0.05, 0) is 37.8 Å². The molecule has 1 saturated carbocycles. The predicted molar refractivity (Wildman–Crippen MR) is 73.6 cm³/mol. The smallest absolute Gasteiger partial charge is 0.337 e. The molecule has 1 heterocycles. The topological polar surface area (TPSA) is 55.1 Å². The molecule has 0 saturated heterocycles. The highest BCUT2D eigenvalue weighted by atomic mass is 16.4. The number of aromatic nitrogens is 2. The van der Waals surface area contributed by atoms with Crippen LogP contribution in [0, 0.1) is 0 Å². The number of imidazole rings is 1. The Morgan fingerprint density at radius 3 is 2.84 bits per heavy atom. The highest BCUT2D eigenvalue weighted by Crippen LogP contribution is 2.36. The van der Waals surface area contributed by atoms with Crippen LogP contribution in [0.5, 0.6) is 0 Å². The summed E-state index contributed by atoms with van der Waals surface area (Å²) in [5, 5.41) is 9.38. The van der Waals surface area contributed by atoms with E-state index in [9.17, 15) is 9.90 Å². The third-order valence-electron chi connectivity index (χ3n) is 3.93. The lowest BCUT2D eigenvalue weighted by Crippen LogP contribution is -2.20. The molecule has 100 valence electrons. The van der Waals surface area contributed by atoms with Gasteiger partial charge in [-0.3, -0.25) is 0 Å². The second-order valence-electron chi connectivity index (χ2n) is 5.21. The molecule has 1 aliphatic carbocycles. The molecular formula is C15H18N2O2. The van der Waals surface area contributed by atoms with E-state index in [1.165, 1.54) is 6.42 Å². The minimum absolute atomic E-state index is 0.374. The van der Waals surface area contributed by atoms with Gasteiger partial charge >= 0.3 is 5.97 Å². The van der Waals surface area contributed by atoms with Crippen LogP contribution in [0.15, 0.2) is 18.2 Å². The van der Waals surface area contributed by atoms with Crippen molar-refractivity contribution in [1.82, 2.24) is 9.55 Å². The van der Waals surface area contributed by atoms with E-state index in [4.69, 9.17) is 0 Å². The zero-order valence-corrected chi connectivity index (χ0v) is 11.1. The molecule has 0 amide bonds. The van der Waals surface area contributed by atoms with Gasteiger partial charge in [0.15, 0.2) is 0 Å². The SMILES string of the molecule is CCCc1nc2cccc(C(=O)O)c2n1C1CCC1. The Morgan fingerprint density at radius 2 is 2.26 bits per heavy atom. The molecule has 4 nitrogen and oxygen atoms in total. The molecule has 0 atom stereocenters. The Balaban J connectivity index is 2.26. The highest BCUT2D eigenvalue weighted by molar-refractivity contribution is 6.01. The lowest BCUT2D eigenvalue weighted by Gasteiger charge is -2.29. The summed E-state index contributed by atoms with van der Waals surface area (Å²) in [6.45, 7) is 2.13. The maximum absolute atomic E-state index is 11.4. The van der Waals surface area contributed by atoms with Gasteiger partial charge < -0.3 is 9.67 Å². The number of hydrogen-bond donors (Lipinski definition) is 1. The first-order valence-electron chi connectivity index (χ1n) is 6.95. The van der Waals surface area contributed by atoms with Crippen LogP contribution in [0.4, 0.5) is 0 Å². The van der Waals surface area contributed by atoms with Crippen LogP contribution in [-0.2, 0) is 6.42 Å². The summed E-state index contributed by atoms with van der Waals surface area (Å²) >= 11 is 0. The zero-order chi connectivity index (χ0) is 13.4. The summed E-state index contributed by atoms with van der Waals surface area (Å²) < 4.78 is 2.19. The first-order valence-corrected chi connectivity index (χ1v) is 6.95. The molecular weight excluding hydrogens is 240 g/mol. The summed E-state index contributed by atoms with van der Waals surface area (Å²) in [5.74, 6) is 0.171. The molecule has 19 heavy (non-hydrogen) atoms. The van der Waals surface area contributed by atoms with Crippen molar-refractivity contribution in [2.24, 2.45) is 0 Å². The van der Waals surface area contributed by atoms with Gasteiger partial charge in [-0.1, -0.05) is 13.0 Å². The minimum Gasteiger partial charge on any atom is -0.478 e. The molecule has 0 unspecified atom stereocenters. The Bertz CT molecular complexity index is 626. The standard InChI is InChI=1S/C15H18N2O2/c1-2-5-13-16-12-9-4-8-11(15(18)19)14(12)17(13)10-6-3-7-10/h4,8-10H,2-3,5-7H2,1H3,(H,18,19). The van der Waals surface area contributed by atoms with Crippen LogP contribution in [0.2, 0.25) is 0 Å². The molecule has 1 aliphatic rings. The number of carboxylic acid groups (broad SMARTS) is 1. The fourth-order valence-corrected chi connectivity index (χ4v) is 2.81. The first kappa shape index (κ1) is 12.2. The normalized spacial score (nSPS) is 15.6. The van der Waals surface area contributed by atoms with Gasteiger partial charge in [0.05, 0.1) is 16.6 Å². The molecule has 0 radical (unpaired) electrons. The summed E-state index contributed by atoms with van der Waals surface area (Å²) in [6, 6.07) is 5.81. The van der Waals surface area contributed by atoms with E-state index in [1.807, 2.05) is 6.07 Å². The van der Waals surface area contributed by atoms with E-state index in [0.717, 1.165) is 42.5 Å². The molecule has 1 aromatic carbocycles. The van der Waals surface area contributed by atoms with Crippen molar-refractivity contribution >= 4 is 17.0 Å². The number of aromatic carboxylic acids is 1. The van der Waals surface area contributed by atoms with E-state index in [-0.39, 0.29) is 0 Å². The van der Waals surface area contributed by atoms with Crippen molar-refractivity contribution in [3.05, 3.63) is 29.6 Å². The molecule has 4 heteroatoms. The van der Waals surface area contributed by atoms with Crippen molar-refractivity contribution in [2.75, 3.05) is 0 Å². The molecule has 3 rings (SSSR count). The van der Waals surface area contributed by atoms with Gasteiger partial charge in [-0.2, -0.15) is 0 Å². The van der Waals surface area contributed by atoms with Crippen LogP contribution < -0.4 is 0 Å². The van der Waals surface area contributed by atoms with Crippen molar-refractivity contribution in [3.8, 4) is 0 Å². The zero-order valence-electron chi connectivity index (χ0n) is 11.1. The number of nitrogens with zero attached hydrogens (tertiary/aromatic N) is 2. The number of aryl methyl sites for hydroxylation is 1. The molecule has 0 spiro atoms. The molecule has 1 fully saturated rings. The third-order valence-corrected chi connectivity index (χ3v) is 3.93. The molecule has 2 aromatic rings. The summed E-state index contributed by atoms with van der Waals surface area (Å²) in [6.07, 6.45) is 5.43. The van der Waals surface area contributed by atoms with Crippen LogP contribution in [0.1, 0.15) is 54.8 Å². The third kappa shape index (κ3) is 1.91. The quantitative estimate of drug-likeness (QED) is 0.914. The maximum atomic E-state index is 11.4. The van der Waals surface area contributed by atoms with E-state index in [2.05, 4.69) is 16.5 Å². The lowest BCUT2D eigenvalue weighted by molar-refractivity contribution is 0.0698. The van der Waals surface area contributed by atoms with Gasteiger partial charge in [-0.25, -0.2) is 9.78 Å². The number of fused-ring (bicyclic) bond motifs is 1. The highest BCUT2D eigenvalue weighted by Gasteiger charge is 2.26. The Morgan fingerprint density at radius 1 is 1.47 bits per heavy atom. The Labute approximate surface area is 112 Å². The van der Waals surface area contributed by atoms with Gasteiger partial charge in [0.2, 0.25) is 0 Å². The number of carboxylic acids is 1. The van der Waals surface area contributed by atoms with Crippen molar-refractivity contribution in [2.45, 2.75) is 45.1 Å². The largest absolute Gasteiger partial charge is 0.478 e. The Kier molecular flexibility index (Phi) is 3.01. The van der Waals surface area contributed by atoms with Gasteiger partial charge in [0.1, 0.15) is 5.82 Å². The van der Waals surface area contributed by atoms with E-state index in [0.29, 0.717) is 11.6 Å². The Hall–Kier alpha value is -1.84. The summed E-state index contributed by atoms with van der Waals surface area (Å²) in [7, 11) is 0. The molecule has 1 N–H and O–H groups in total. The van der Waals surface area contributed by atoms with Crippen LogP contribution in [0.25, 0.3) is 11.0 Å². The molecule has 1 aromatic heterocycles. The monoisotopic (exact) mass is 258 g/mol. The predicted octanol–water partition coefficient (Wildman–Crippen LogP) is 3.41. The van der Waals surface area contributed by atoms with E-state index < -0.39 is 5.97 Å². The van der Waals surface area contributed by atoms with Crippen LogP contribution in [0.3, 0.4) is 0 Å². The fraction of sp³-hybridized carbons (Fsp3) is 0.467. The second-order valence-corrected chi connectivity index (χ2v) is 5.21. The van der Waals surface area contributed by atoms with E-state index >= 15 is 0 Å². The number of para-hydroxylation sites is 1. The van der Waals surface area contributed by atoms with Gasteiger partial charge in [0.25, 0.3) is 0 Å². The first-order chi connectivity index (χ1) is 9.22. The van der Waals surface area contributed by atoms with Crippen LogP contribution >= 0.6 is 0 Å². The fourth-order valence-electron chi connectivity index (χ4n) is 2.81. The summed E-state index contributed by atoms with van der Waals surface area (Å²) in [5.41, 5.74) is 2.00. The van der Waals surface area contributed by atoms with Gasteiger partial charge in [-0.15, -0.1) is 0 Å². The number of benzene rings is 1. The van der Waals surface area contributed by atoms with Crippen molar-refractivity contribution < 1.29 is 9.90 Å².